The van der Waals surface area contributed by atoms with E-state index in [2.05, 4.69) is 0 Å². The van der Waals surface area contributed by atoms with Gasteiger partial charge in [-0.2, -0.15) is 16.8 Å². The molecule has 2 aromatic rings. The average molecular weight is 383 g/mol. The van der Waals surface area contributed by atoms with Crippen molar-refractivity contribution in [1.82, 2.24) is 0 Å². The Morgan fingerprint density at radius 1 is 0.840 bits per heavy atom. The van der Waals surface area contributed by atoms with E-state index in [9.17, 15) is 21.4 Å². The molecule has 25 heavy (non-hydrogen) atoms. The lowest BCUT2D eigenvalue weighted by atomic mass is 10.1. The van der Waals surface area contributed by atoms with Gasteiger partial charge in [0.15, 0.2) is 0 Å². The van der Waals surface area contributed by atoms with E-state index in [1.54, 1.807) is 31.2 Å². The van der Waals surface area contributed by atoms with Gasteiger partial charge in [0.1, 0.15) is 0 Å². The monoisotopic (exact) mass is 383 g/mol. The van der Waals surface area contributed by atoms with Crippen LogP contribution in [-0.4, -0.2) is 25.9 Å². The summed E-state index contributed by atoms with van der Waals surface area (Å²) in [5.41, 5.74) is 7.68. The predicted octanol–water partition coefficient (Wildman–Crippen LogP) is 2.55. The topological polar surface area (TPSA) is 135 Å². The van der Waals surface area contributed by atoms with Gasteiger partial charge in [0.25, 0.3) is 20.2 Å². The highest BCUT2D eigenvalue weighted by atomic mass is 32.2. The molecule has 2 aromatic carbocycles. The highest BCUT2D eigenvalue weighted by molar-refractivity contribution is 7.86. The van der Waals surface area contributed by atoms with Crippen molar-refractivity contribution in [2.75, 3.05) is 5.73 Å². The fraction of sp³-hybridized carbons (Fsp3) is 0.125. The van der Waals surface area contributed by atoms with Crippen LogP contribution in [-0.2, 0) is 20.2 Å². The molecule has 0 radical (unpaired) electrons. The molecule has 4 N–H and O–H groups in total. The quantitative estimate of drug-likeness (QED) is 0.419. The number of benzene rings is 2. The number of hydrogen-bond acceptors (Lipinski definition) is 5. The minimum absolute atomic E-state index is 0.136. The van der Waals surface area contributed by atoms with E-state index in [-0.39, 0.29) is 15.5 Å². The van der Waals surface area contributed by atoms with Gasteiger partial charge in [-0.15, -0.1) is 0 Å². The average Bonchev–Trinajstić information content (AvgIpc) is 2.46. The van der Waals surface area contributed by atoms with Crippen LogP contribution in [0.2, 0.25) is 0 Å². The number of nitrogen functional groups attached to an aromatic ring is 1. The lowest BCUT2D eigenvalue weighted by Crippen LogP contribution is -2.03. The Labute approximate surface area is 146 Å². The highest BCUT2D eigenvalue weighted by Gasteiger charge is 2.15. The van der Waals surface area contributed by atoms with Crippen LogP contribution in [0.1, 0.15) is 22.3 Å². The molecule has 0 saturated carbocycles. The molecular formula is C16H17NO6S2. The fourth-order valence-corrected chi connectivity index (χ4v) is 3.83. The van der Waals surface area contributed by atoms with Crippen LogP contribution in [0.5, 0.6) is 0 Å². The van der Waals surface area contributed by atoms with Crippen molar-refractivity contribution < 1.29 is 25.9 Å². The number of hydrogen-bond donors (Lipinski definition) is 3. The van der Waals surface area contributed by atoms with Gasteiger partial charge in [0.2, 0.25) is 0 Å². The molecule has 0 amide bonds. The molecule has 0 aliphatic heterocycles. The number of nitrogens with two attached hydrogens (primary N) is 1. The maximum Gasteiger partial charge on any atom is 0.294 e. The van der Waals surface area contributed by atoms with E-state index in [1.807, 2.05) is 0 Å². The predicted molar refractivity (Wildman–Crippen MR) is 95.3 cm³/mol. The van der Waals surface area contributed by atoms with Crippen molar-refractivity contribution in [3.63, 3.8) is 0 Å². The van der Waals surface area contributed by atoms with Crippen molar-refractivity contribution in [2.45, 2.75) is 23.6 Å². The van der Waals surface area contributed by atoms with E-state index in [1.165, 1.54) is 19.1 Å². The van der Waals surface area contributed by atoms with Crippen molar-refractivity contribution in [2.24, 2.45) is 0 Å². The zero-order chi connectivity index (χ0) is 19.0. The first kappa shape index (κ1) is 19.1. The summed E-state index contributed by atoms with van der Waals surface area (Å²) in [4.78, 5) is -0.466. The third kappa shape index (κ3) is 4.45. The van der Waals surface area contributed by atoms with E-state index >= 15 is 0 Å². The van der Waals surface area contributed by atoms with Gasteiger partial charge in [-0.25, -0.2) is 0 Å². The largest absolute Gasteiger partial charge is 0.398 e. The molecule has 0 fully saturated rings. The number of rotatable bonds is 4. The molecule has 134 valence electrons. The molecular weight excluding hydrogens is 366 g/mol. The highest BCUT2D eigenvalue weighted by Crippen LogP contribution is 2.25. The van der Waals surface area contributed by atoms with Crippen LogP contribution >= 0.6 is 0 Å². The molecule has 0 saturated heterocycles. The summed E-state index contributed by atoms with van der Waals surface area (Å²) in [6.45, 7) is 3.08. The number of anilines is 1. The Kier molecular flexibility index (Phi) is 5.05. The smallest absolute Gasteiger partial charge is 0.294 e. The second kappa shape index (κ2) is 6.60. The summed E-state index contributed by atoms with van der Waals surface area (Å²) in [5, 5.41) is 0. The SMILES string of the molecule is Cc1ccc(C=Cc2cc(C)c(S(=O)(=O)O)cc2N)cc1S(=O)(=O)O. The Balaban J connectivity index is 2.46. The maximum absolute atomic E-state index is 11.3. The van der Waals surface area contributed by atoms with Gasteiger partial charge in [-0.05, 0) is 54.3 Å². The van der Waals surface area contributed by atoms with Crippen LogP contribution in [0, 0.1) is 13.8 Å². The van der Waals surface area contributed by atoms with Crippen molar-refractivity contribution >= 4 is 38.1 Å². The number of aryl methyl sites for hydroxylation is 2. The first-order valence-corrected chi connectivity index (χ1v) is 9.91. The second-order valence-corrected chi connectivity index (χ2v) is 8.33. The fourth-order valence-electron chi connectivity index (χ4n) is 2.33. The summed E-state index contributed by atoms with van der Waals surface area (Å²) in [7, 11) is -8.69. The molecule has 2 rings (SSSR count). The standard InChI is InChI=1S/C16H17NO6S2/c1-10-3-4-12(8-15(10)24(18,19)20)5-6-13-7-11(2)16(9-14(13)17)25(21,22)23/h3-9H,17H2,1-2H3,(H,18,19,20)(H,21,22,23). The summed E-state index contributed by atoms with van der Waals surface area (Å²) in [6.07, 6.45) is 3.15. The van der Waals surface area contributed by atoms with Gasteiger partial charge in [0.05, 0.1) is 9.79 Å². The zero-order valence-corrected chi connectivity index (χ0v) is 15.1. The summed E-state index contributed by atoms with van der Waals surface area (Å²) in [5.74, 6) is 0. The van der Waals surface area contributed by atoms with Crippen molar-refractivity contribution in [3.8, 4) is 0 Å². The van der Waals surface area contributed by atoms with Gasteiger partial charge in [-0.1, -0.05) is 24.3 Å². The zero-order valence-electron chi connectivity index (χ0n) is 13.5. The third-order valence-corrected chi connectivity index (χ3v) is 5.60. The van der Waals surface area contributed by atoms with Gasteiger partial charge in [-0.3, -0.25) is 9.11 Å². The first-order valence-electron chi connectivity index (χ1n) is 7.03. The van der Waals surface area contributed by atoms with Crippen LogP contribution in [0.15, 0.2) is 40.1 Å². The van der Waals surface area contributed by atoms with Crippen LogP contribution in [0.25, 0.3) is 12.2 Å². The van der Waals surface area contributed by atoms with Gasteiger partial charge >= 0.3 is 0 Å². The molecule has 0 spiro atoms. The molecule has 0 aromatic heterocycles. The van der Waals surface area contributed by atoms with Crippen molar-refractivity contribution in [1.29, 1.82) is 0 Å². The molecule has 0 aliphatic carbocycles. The Morgan fingerprint density at radius 2 is 1.40 bits per heavy atom. The molecule has 7 nitrogen and oxygen atoms in total. The van der Waals surface area contributed by atoms with Crippen LogP contribution in [0.4, 0.5) is 5.69 Å². The summed E-state index contributed by atoms with van der Waals surface area (Å²) < 4.78 is 63.6. The maximum atomic E-state index is 11.3. The Bertz CT molecular complexity index is 1070. The van der Waals surface area contributed by atoms with Gasteiger partial charge < -0.3 is 5.73 Å². The first-order chi connectivity index (χ1) is 11.4. The van der Waals surface area contributed by atoms with Crippen molar-refractivity contribution in [3.05, 3.63) is 52.6 Å². The lowest BCUT2D eigenvalue weighted by molar-refractivity contribution is 0.480. The van der Waals surface area contributed by atoms with Crippen LogP contribution < -0.4 is 5.73 Å². The normalized spacial score (nSPS) is 12.6. The molecule has 0 bridgehead atoms. The van der Waals surface area contributed by atoms with E-state index in [0.29, 0.717) is 22.3 Å². The lowest BCUT2D eigenvalue weighted by Gasteiger charge is -2.08. The third-order valence-electron chi connectivity index (χ3n) is 3.60. The molecule has 0 aliphatic rings. The van der Waals surface area contributed by atoms with Crippen LogP contribution in [0.3, 0.4) is 0 Å². The minimum atomic E-state index is -4.37. The van der Waals surface area contributed by atoms with E-state index in [0.717, 1.165) is 6.07 Å². The van der Waals surface area contributed by atoms with E-state index in [4.69, 9.17) is 10.3 Å². The summed E-state index contributed by atoms with van der Waals surface area (Å²) >= 11 is 0. The minimum Gasteiger partial charge on any atom is -0.398 e. The Morgan fingerprint density at radius 3 is 1.96 bits per heavy atom. The van der Waals surface area contributed by atoms with E-state index < -0.39 is 20.2 Å². The Hall–Kier alpha value is -2.20. The summed E-state index contributed by atoms with van der Waals surface area (Å²) in [6, 6.07) is 7.18. The molecule has 9 heteroatoms. The molecule has 0 heterocycles. The molecule has 0 unspecified atom stereocenters. The molecule has 0 atom stereocenters. The second-order valence-electron chi connectivity index (χ2n) is 5.56. The van der Waals surface area contributed by atoms with Gasteiger partial charge in [0, 0.05) is 5.69 Å².